The van der Waals surface area contributed by atoms with Crippen LogP contribution in [0.25, 0.3) is 0 Å². The van der Waals surface area contributed by atoms with Crippen LogP contribution in [0.3, 0.4) is 0 Å². The van der Waals surface area contributed by atoms with E-state index in [-0.39, 0.29) is 0 Å². The zero-order valence-electron chi connectivity index (χ0n) is 7.39. The van der Waals surface area contributed by atoms with E-state index in [4.69, 9.17) is 11.2 Å². The third kappa shape index (κ3) is 5.90. The first kappa shape index (κ1) is 10.5. The average Bonchev–Trinajstić information content (AvgIpc) is 2.03. The SMILES string of the molecule is C#CCC(CC)NCCOC. The number of ether oxygens (including phenoxy) is 1. The van der Waals surface area contributed by atoms with Gasteiger partial charge in [0.1, 0.15) is 0 Å². The lowest BCUT2D eigenvalue weighted by atomic mass is 10.1. The van der Waals surface area contributed by atoms with Gasteiger partial charge in [-0.3, -0.25) is 0 Å². The molecule has 0 bridgehead atoms. The maximum atomic E-state index is 5.19. The summed E-state index contributed by atoms with van der Waals surface area (Å²) in [6, 6.07) is 0.454. The highest BCUT2D eigenvalue weighted by molar-refractivity contribution is 4.89. The predicted octanol–water partition coefficient (Wildman–Crippen LogP) is 1.02. The van der Waals surface area contributed by atoms with Gasteiger partial charge in [-0.15, -0.1) is 12.3 Å². The van der Waals surface area contributed by atoms with Gasteiger partial charge in [-0.05, 0) is 6.42 Å². The van der Waals surface area contributed by atoms with Crippen molar-refractivity contribution < 1.29 is 4.74 Å². The van der Waals surface area contributed by atoms with Crippen molar-refractivity contribution in [3.05, 3.63) is 0 Å². The molecule has 0 radical (unpaired) electrons. The van der Waals surface area contributed by atoms with Crippen molar-refractivity contribution in [1.82, 2.24) is 5.32 Å². The minimum atomic E-state index is 0.454. The van der Waals surface area contributed by atoms with Gasteiger partial charge in [-0.2, -0.15) is 0 Å². The molecule has 1 atom stereocenters. The fourth-order valence-electron chi connectivity index (χ4n) is 0.868. The molecule has 11 heavy (non-hydrogen) atoms. The number of nitrogens with one attached hydrogen (secondary N) is 1. The van der Waals surface area contributed by atoms with Crippen LogP contribution in [0, 0.1) is 12.3 Å². The quantitative estimate of drug-likeness (QED) is 0.457. The Bertz CT molecular complexity index is 117. The maximum Gasteiger partial charge on any atom is 0.0587 e. The van der Waals surface area contributed by atoms with E-state index in [1.54, 1.807) is 7.11 Å². The topological polar surface area (TPSA) is 21.3 Å². The Morgan fingerprint density at radius 1 is 1.64 bits per heavy atom. The van der Waals surface area contributed by atoms with Crippen LogP contribution >= 0.6 is 0 Å². The van der Waals surface area contributed by atoms with Crippen LogP contribution in [0.2, 0.25) is 0 Å². The lowest BCUT2D eigenvalue weighted by Gasteiger charge is -2.12. The molecule has 0 spiro atoms. The molecule has 0 amide bonds. The minimum absolute atomic E-state index is 0.454. The molecule has 2 heteroatoms. The number of methoxy groups -OCH3 is 1. The fourth-order valence-corrected chi connectivity index (χ4v) is 0.868. The summed E-state index contributed by atoms with van der Waals surface area (Å²) >= 11 is 0. The predicted molar refractivity (Wildman–Crippen MR) is 47.4 cm³/mol. The van der Waals surface area contributed by atoms with Gasteiger partial charge < -0.3 is 10.1 Å². The fraction of sp³-hybridized carbons (Fsp3) is 0.778. The molecule has 0 aromatic rings. The number of hydrogen-bond donors (Lipinski definition) is 1. The van der Waals surface area contributed by atoms with Crippen molar-refractivity contribution in [2.24, 2.45) is 0 Å². The summed E-state index contributed by atoms with van der Waals surface area (Å²) in [7, 11) is 1.70. The van der Waals surface area contributed by atoms with Crippen LogP contribution in [0.4, 0.5) is 0 Å². The molecule has 0 fully saturated rings. The van der Waals surface area contributed by atoms with E-state index in [2.05, 4.69) is 18.2 Å². The Morgan fingerprint density at radius 2 is 2.36 bits per heavy atom. The standard InChI is InChI=1S/C9H17NO/c1-4-6-9(5-2)10-7-8-11-3/h1,9-10H,5-8H2,2-3H3. The van der Waals surface area contributed by atoms with E-state index >= 15 is 0 Å². The maximum absolute atomic E-state index is 5.19. The summed E-state index contributed by atoms with van der Waals surface area (Å²) in [4.78, 5) is 0. The Kier molecular flexibility index (Phi) is 7.23. The number of rotatable bonds is 6. The molecule has 64 valence electrons. The first-order valence-corrected chi connectivity index (χ1v) is 4.00. The lowest BCUT2D eigenvalue weighted by Crippen LogP contribution is -2.30. The zero-order valence-corrected chi connectivity index (χ0v) is 7.39. The van der Waals surface area contributed by atoms with Crippen LogP contribution in [-0.4, -0.2) is 26.3 Å². The van der Waals surface area contributed by atoms with Crippen LogP contribution < -0.4 is 5.32 Å². The molecule has 2 nitrogen and oxygen atoms in total. The Balaban J connectivity index is 3.30. The molecule has 1 N–H and O–H groups in total. The van der Waals surface area contributed by atoms with E-state index in [0.29, 0.717) is 6.04 Å². The van der Waals surface area contributed by atoms with Gasteiger partial charge in [0.15, 0.2) is 0 Å². The molecule has 1 unspecified atom stereocenters. The van der Waals surface area contributed by atoms with Gasteiger partial charge in [-0.1, -0.05) is 6.92 Å². The van der Waals surface area contributed by atoms with Crippen molar-refractivity contribution in [2.45, 2.75) is 25.8 Å². The van der Waals surface area contributed by atoms with Crippen molar-refractivity contribution >= 4 is 0 Å². The normalized spacial score (nSPS) is 12.5. The third-order valence-electron chi connectivity index (χ3n) is 1.60. The van der Waals surface area contributed by atoms with Gasteiger partial charge in [0.25, 0.3) is 0 Å². The Morgan fingerprint density at radius 3 is 2.82 bits per heavy atom. The molecule has 0 aliphatic carbocycles. The number of hydrogen-bond acceptors (Lipinski definition) is 2. The van der Waals surface area contributed by atoms with Gasteiger partial charge in [0.2, 0.25) is 0 Å². The monoisotopic (exact) mass is 155 g/mol. The first-order valence-electron chi connectivity index (χ1n) is 4.00. The van der Waals surface area contributed by atoms with Crippen LogP contribution in [0.15, 0.2) is 0 Å². The van der Waals surface area contributed by atoms with Gasteiger partial charge in [-0.25, -0.2) is 0 Å². The van der Waals surface area contributed by atoms with Crippen molar-refractivity contribution in [1.29, 1.82) is 0 Å². The first-order chi connectivity index (χ1) is 5.35. The Hall–Kier alpha value is -0.520. The lowest BCUT2D eigenvalue weighted by molar-refractivity contribution is 0.195. The van der Waals surface area contributed by atoms with Crippen LogP contribution in [0.5, 0.6) is 0 Å². The largest absolute Gasteiger partial charge is 0.383 e. The van der Waals surface area contributed by atoms with E-state index in [9.17, 15) is 0 Å². The highest BCUT2D eigenvalue weighted by Gasteiger charge is 2.01. The highest BCUT2D eigenvalue weighted by Crippen LogP contribution is 1.94. The molecule has 0 aromatic carbocycles. The zero-order chi connectivity index (χ0) is 8.53. The summed E-state index contributed by atoms with van der Waals surface area (Å²) in [6.07, 6.45) is 7.07. The molecular weight excluding hydrogens is 138 g/mol. The second kappa shape index (κ2) is 7.59. The summed E-state index contributed by atoms with van der Waals surface area (Å²) in [5.41, 5.74) is 0. The Labute approximate surface area is 69.3 Å². The third-order valence-corrected chi connectivity index (χ3v) is 1.60. The second-order valence-electron chi connectivity index (χ2n) is 2.46. The van der Waals surface area contributed by atoms with Gasteiger partial charge in [0.05, 0.1) is 6.61 Å². The van der Waals surface area contributed by atoms with Crippen molar-refractivity contribution in [2.75, 3.05) is 20.3 Å². The summed E-state index contributed by atoms with van der Waals surface area (Å²) < 4.78 is 4.90. The molecule has 0 aromatic heterocycles. The molecule has 0 heterocycles. The molecular formula is C9H17NO. The van der Waals surface area contributed by atoms with Crippen molar-refractivity contribution in [3.63, 3.8) is 0 Å². The highest BCUT2D eigenvalue weighted by atomic mass is 16.5. The molecule has 0 rings (SSSR count). The molecule has 0 saturated carbocycles. The molecule has 0 saturated heterocycles. The van der Waals surface area contributed by atoms with E-state index < -0.39 is 0 Å². The summed E-state index contributed by atoms with van der Waals surface area (Å²) in [5.74, 6) is 2.64. The van der Waals surface area contributed by atoms with Crippen LogP contribution in [-0.2, 0) is 4.74 Å². The molecule has 0 aliphatic rings. The smallest absolute Gasteiger partial charge is 0.0587 e. The summed E-state index contributed by atoms with van der Waals surface area (Å²) in [6.45, 7) is 3.76. The van der Waals surface area contributed by atoms with Gasteiger partial charge in [0, 0.05) is 26.1 Å². The number of terminal acetylenes is 1. The van der Waals surface area contributed by atoms with Crippen LogP contribution in [0.1, 0.15) is 19.8 Å². The van der Waals surface area contributed by atoms with E-state index in [1.165, 1.54) is 0 Å². The average molecular weight is 155 g/mol. The van der Waals surface area contributed by atoms with Gasteiger partial charge >= 0.3 is 0 Å². The minimum Gasteiger partial charge on any atom is -0.383 e. The second-order valence-corrected chi connectivity index (χ2v) is 2.46. The van der Waals surface area contributed by atoms with Crippen molar-refractivity contribution in [3.8, 4) is 12.3 Å². The summed E-state index contributed by atoms with van der Waals surface area (Å²) in [5, 5.41) is 3.30. The van der Waals surface area contributed by atoms with E-state index in [1.807, 2.05) is 0 Å². The van der Waals surface area contributed by atoms with E-state index in [0.717, 1.165) is 26.0 Å². The molecule has 0 aliphatic heterocycles.